The number of thiophene rings is 2. The first-order chi connectivity index (χ1) is 40.8. The molecule has 0 aliphatic carbocycles. The van der Waals surface area contributed by atoms with E-state index in [1.165, 1.54) is 32.2 Å². The number of carbonyl (C=O) groups is 2. The summed E-state index contributed by atoms with van der Waals surface area (Å²) in [6.45, 7) is 33.9. The second-order valence-corrected chi connectivity index (χ2v) is 27.1. The summed E-state index contributed by atoms with van der Waals surface area (Å²) in [6, 6.07) is 27.7. The molecule has 2 amide bonds. The molecule has 14 nitrogen and oxygen atoms in total. The second kappa shape index (κ2) is 26.1. The van der Waals surface area contributed by atoms with Gasteiger partial charge in [-0.1, -0.05) is 107 Å². The Kier molecular flexibility index (Phi) is 18.7. The van der Waals surface area contributed by atoms with Crippen molar-refractivity contribution in [3.05, 3.63) is 96.1 Å². The number of aryl methyl sites for hydroxylation is 2. The Bertz CT molecular complexity index is 3690. The summed E-state index contributed by atoms with van der Waals surface area (Å²) in [7, 11) is 0. The maximum atomic E-state index is 14.0. The van der Waals surface area contributed by atoms with Crippen LogP contribution in [0, 0.1) is 35.5 Å². The molecular formula is C68H80N6O8S3. The van der Waals surface area contributed by atoms with Crippen LogP contribution in [0.1, 0.15) is 118 Å². The number of fused-ring (bicyclic) bond motifs is 10. The van der Waals surface area contributed by atoms with Crippen LogP contribution in [-0.4, -0.2) is 69.3 Å². The third kappa shape index (κ3) is 13.1. The number of carbonyl (C=O) groups excluding carboxylic acids is 2. The smallest absolute Gasteiger partial charge is 0.255 e. The Hall–Kier alpha value is -7.34. The van der Waals surface area contributed by atoms with Gasteiger partial charge in [0.1, 0.15) is 11.0 Å². The van der Waals surface area contributed by atoms with E-state index in [9.17, 15) is 9.59 Å². The van der Waals surface area contributed by atoms with Crippen molar-refractivity contribution in [2.45, 2.75) is 110 Å². The van der Waals surface area contributed by atoms with E-state index < -0.39 is 0 Å². The second-order valence-electron chi connectivity index (χ2n) is 24.4. The first-order valence-electron chi connectivity index (χ1n) is 29.9. The number of nitrogens with one attached hydrogen (secondary N) is 2. The molecule has 0 saturated heterocycles. The SMILES string of the molecule is CCn1c2cc(-c3ccc(NC(=O)c4cc(OCC(C)C)c(OCC(C)C)c(OCC(C)C)c4)cc3)sc2c2c3nsnc3c3c4sc(-c5ccc(NC(=O)c6cc(OCC(C)C)c(OCC(C)C)c(OCC(C)C)c6)cc5)cc4n(CC)c3c21. The molecule has 5 heterocycles. The van der Waals surface area contributed by atoms with Gasteiger partial charge in [-0.3, -0.25) is 9.59 Å². The Labute approximate surface area is 511 Å². The van der Waals surface area contributed by atoms with Gasteiger partial charge >= 0.3 is 0 Å². The third-order valence-electron chi connectivity index (χ3n) is 14.1. The van der Waals surface area contributed by atoms with Crippen molar-refractivity contribution in [1.82, 2.24) is 17.9 Å². The van der Waals surface area contributed by atoms with Gasteiger partial charge in [-0.15, -0.1) is 22.7 Å². The van der Waals surface area contributed by atoms with Gasteiger partial charge < -0.3 is 48.2 Å². The lowest BCUT2D eigenvalue weighted by Crippen LogP contribution is -2.15. The van der Waals surface area contributed by atoms with Crippen molar-refractivity contribution in [3.63, 3.8) is 0 Å². The Morgan fingerprint density at radius 3 is 1.05 bits per heavy atom. The van der Waals surface area contributed by atoms with Crippen LogP contribution in [0.4, 0.5) is 11.4 Å². The number of rotatable bonds is 26. The van der Waals surface area contributed by atoms with Crippen molar-refractivity contribution in [2.24, 2.45) is 35.5 Å². The Morgan fingerprint density at radius 2 is 0.753 bits per heavy atom. The highest BCUT2D eigenvalue weighted by molar-refractivity contribution is 7.24. The topological polar surface area (TPSA) is 149 Å². The van der Waals surface area contributed by atoms with Gasteiger partial charge in [0.15, 0.2) is 23.0 Å². The summed E-state index contributed by atoms with van der Waals surface area (Å²) in [6.07, 6.45) is 0. The molecule has 0 bridgehead atoms. The molecule has 85 heavy (non-hydrogen) atoms. The molecule has 0 spiro atoms. The lowest BCUT2D eigenvalue weighted by atomic mass is 10.1. The van der Waals surface area contributed by atoms with E-state index in [-0.39, 0.29) is 47.3 Å². The molecule has 0 unspecified atom stereocenters. The fraction of sp³-hybridized carbons (Fsp3) is 0.412. The first kappa shape index (κ1) is 60.8. The summed E-state index contributed by atoms with van der Waals surface area (Å²) in [4.78, 5) is 30.3. The first-order valence-corrected chi connectivity index (χ1v) is 32.3. The summed E-state index contributed by atoms with van der Waals surface area (Å²) in [5, 5.41) is 8.49. The van der Waals surface area contributed by atoms with Gasteiger partial charge in [0, 0.05) is 56.1 Å². The molecule has 5 aromatic carbocycles. The average Bonchev–Trinajstić information content (AvgIpc) is 1.84. The molecule has 10 aromatic rings. The van der Waals surface area contributed by atoms with Crippen molar-refractivity contribution >= 4 is 111 Å². The number of nitrogens with zero attached hydrogens (tertiary/aromatic N) is 4. The lowest BCUT2D eigenvalue weighted by Gasteiger charge is -2.20. The highest BCUT2D eigenvalue weighted by Gasteiger charge is 2.29. The summed E-state index contributed by atoms with van der Waals surface area (Å²) >= 11 is 4.77. The number of hydrogen-bond acceptors (Lipinski definition) is 13. The van der Waals surface area contributed by atoms with E-state index in [1.807, 2.05) is 24.3 Å². The normalized spacial score (nSPS) is 12.0. The van der Waals surface area contributed by atoms with E-state index in [2.05, 4.69) is 153 Å². The van der Waals surface area contributed by atoms with E-state index in [4.69, 9.17) is 37.2 Å². The molecule has 17 heteroatoms. The van der Waals surface area contributed by atoms with Gasteiger partial charge in [0.2, 0.25) is 11.5 Å². The maximum Gasteiger partial charge on any atom is 0.255 e. The van der Waals surface area contributed by atoms with Crippen LogP contribution in [0.3, 0.4) is 0 Å². The largest absolute Gasteiger partial charge is 0.489 e. The van der Waals surface area contributed by atoms with E-state index in [0.717, 1.165) is 66.8 Å². The number of aromatic nitrogens is 4. The zero-order chi connectivity index (χ0) is 60.4. The monoisotopic (exact) mass is 1200 g/mol. The highest BCUT2D eigenvalue weighted by atomic mass is 32.1. The molecule has 0 aliphatic rings. The predicted octanol–water partition coefficient (Wildman–Crippen LogP) is 18.1. The molecular weight excluding hydrogens is 1120 g/mol. The summed E-state index contributed by atoms with van der Waals surface area (Å²) in [5.41, 5.74) is 10.7. The van der Waals surface area contributed by atoms with Crippen molar-refractivity contribution in [2.75, 3.05) is 50.3 Å². The number of ether oxygens (including phenoxy) is 6. The number of benzene rings is 5. The zero-order valence-corrected chi connectivity index (χ0v) is 53.9. The number of hydrogen-bond donors (Lipinski definition) is 2. The van der Waals surface area contributed by atoms with E-state index in [0.29, 0.717) is 96.6 Å². The van der Waals surface area contributed by atoms with Gasteiger partial charge in [0.05, 0.1) is 82.8 Å². The van der Waals surface area contributed by atoms with Gasteiger partial charge in [-0.25, -0.2) is 0 Å². The molecule has 448 valence electrons. The van der Waals surface area contributed by atoms with E-state index >= 15 is 0 Å². The molecule has 0 saturated carbocycles. The molecule has 0 aliphatic heterocycles. The molecule has 0 atom stereocenters. The number of amides is 2. The Morgan fingerprint density at radius 1 is 0.447 bits per heavy atom. The van der Waals surface area contributed by atoms with Crippen LogP contribution in [0.15, 0.2) is 84.9 Å². The van der Waals surface area contributed by atoms with Crippen LogP contribution < -0.4 is 39.1 Å². The van der Waals surface area contributed by atoms with Crippen LogP contribution >= 0.6 is 34.4 Å². The van der Waals surface area contributed by atoms with Gasteiger partial charge in [-0.2, -0.15) is 8.75 Å². The molecule has 0 fully saturated rings. The highest BCUT2D eigenvalue weighted by Crippen LogP contribution is 2.50. The summed E-state index contributed by atoms with van der Waals surface area (Å²) < 4.78 is 54.9. The predicted molar refractivity (Wildman–Crippen MR) is 352 cm³/mol. The van der Waals surface area contributed by atoms with Gasteiger partial charge in [-0.05, 0) is 121 Å². The van der Waals surface area contributed by atoms with Gasteiger partial charge in [0.25, 0.3) is 11.8 Å². The van der Waals surface area contributed by atoms with Crippen LogP contribution in [0.5, 0.6) is 34.5 Å². The average molecular weight is 1210 g/mol. The summed E-state index contributed by atoms with van der Waals surface area (Å²) in [5.74, 6) is 4.13. The minimum atomic E-state index is -0.273. The minimum Gasteiger partial charge on any atom is -0.489 e. The van der Waals surface area contributed by atoms with E-state index in [1.54, 1.807) is 46.9 Å². The Balaban J connectivity index is 0.926. The van der Waals surface area contributed by atoms with Crippen LogP contribution in [0.25, 0.3) is 74.2 Å². The molecule has 5 aromatic heterocycles. The molecule has 10 rings (SSSR count). The lowest BCUT2D eigenvalue weighted by molar-refractivity contribution is 0.101. The molecule has 2 N–H and O–H groups in total. The van der Waals surface area contributed by atoms with Crippen molar-refractivity contribution < 1.29 is 38.0 Å². The van der Waals surface area contributed by atoms with Crippen molar-refractivity contribution in [1.29, 1.82) is 0 Å². The quantitative estimate of drug-likeness (QED) is 0.0536. The van der Waals surface area contributed by atoms with Crippen LogP contribution in [-0.2, 0) is 13.1 Å². The standard InChI is InChI=1S/C68H80N6O8S3/c1-15-73-49-29-55(43-17-21-47(22-18-43)69-67(75)45-25-51(77-31-37(3)4)63(81-35-41(11)12)52(26-45)78-32-38(5)6)83-65(49)57-59-60(72-85-71-59)58-62(61(57)73)74(16-2)50-30-56(84-66(50)58)44-19-23-48(24-20-44)70-68(76)46-27-53(79-33-39(7)8)64(82-36-42(13)14)54(28-46)80-34-40(9)10/h17-30,37-42H,15-16,31-36H2,1-14H3,(H,69,75)(H,70,76). The number of anilines is 2. The molecule has 0 radical (unpaired) electrons. The minimum absolute atomic E-state index is 0.270. The maximum absolute atomic E-state index is 14.0. The fourth-order valence-electron chi connectivity index (χ4n) is 10.1. The van der Waals surface area contributed by atoms with Crippen molar-refractivity contribution in [3.8, 4) is 55.4 Å². The van der Waals surface area contributed by atoms with Crippen LogP contribution in [0.2, 0.25) is 0 Å². The zero-order valence-electron chi connectivity index (χ0n) is 51.5. The third-order valence-corrected chi connectivity index (χ3v) is 17.0. The fourth-order valence-corrected chi connectivity index (χ4v) is 13.1.